The first-order valence-corrected chi connectivity index (χ1v) is 7.48. The lowest BCUT2D eigenvalue weighted by Crippen LogP contribution is -2.33. The number of hydrogen-bond donors (Lipinski definition) is 1. The van der Waals surface area contributed by atoms with E-state index in [1.807, 2.05) is 16.7 Å². The zero-order valence-corrected chi connectivity index (χ0v) is 11.6. The SMILES string of the molecule is NCC#Cc1cncc(C(=O)N2CCCSCC2)c1. The van der Waals surface area contributed by atoms with Crippen LogP contribution in [0.4, 0.5) is 0 Å². The summed E-state index contributed by atoms with van der Waals surface area (Å²) in [6, 6.07) is 1.79. The Balaban J connectivity index is 2.13. The monoisotopic (exact) mass is 275 g/mol. The van der Waals surface area contributed by atoms with Crippen molar-refractivity contribution in [2.45, 2.75) is 6.42 Å². The van der Waals surface area contributed by atoms with E-state index in [4.69, 9.17) is 5.73 Å². The van der Waals surface area contributed by atoms with Crippen LogP contribution in [0.1, 0.15) is 22.3 Å². The maximum Gasteiger partial charge on any atom is 0.255 e. The first kappa shape index (κ1) is 13.9. The molecule has 1 saturated heterocycles. The van der Waals surface area contributed by atoms with Gasteiger partial charge in [0.05, 0.1) is 12.1 Å². The second-order valence-electron chi connectivity index (χ2n) is 4.23. The number of nitrogens with two attached hydrogens (primary N) is 1. The summed E-state index contributed by atoms with van der Waals surface area (Å²) >= 11 is 1.90. The van der Waals surface area contributed by atoms with Gasteiger partial charge in [-0.25, -0.2) is 0 Å². The van der Waals surface area contributed by atoms with Crippen molar-refractivity contribution >= 4 is 17.7 Å². The van der Waals surface area contributed by atoms with Gasteiger partial charge in [-0.15, -0.1) is 0 Å². The molecule has 2 rings (SSSR count). The molecule has 1 aromatic heterocycles. The van der Waals surface area contributed by atoms with Gasteiger partial charge in [-0.1, -0.05) is 11.8 Å². The largest absolute Gasteiger partial charge is 0.338 e. The van der Waals surface area contributed by atoms with Crippen molar-refractivity contribution in [1.29, 1.82) is 0 Å². The van der Waals surface area contributed by atoms with E-state index in [-0.39, 0.29) is 5.91 Å². The second-order valence-corrected chi connectivity index (χ2v) is 5.45. The van der Waals surface area contributed by atoms with E-state index in [9.17, 15) is 4.79 Å². The van der Waals surface area contributed by atoms with Crippen molar-refractivity contribution < 1.29 is 4.79 Å². The Kier molecular flexibility index (Phi) is 5.25. The average molecular weight is 275 g/mol. The van der Waals surface area contributed by atoms with E-state index in [0.717, 1.165) is 36.6 Å². The van der Waals surface area contributed by atoms with Crippen LogP contribution in [0.5, 0.6) is 0 Å². The van der Waals surface area contributed by atoms with Crippen molar-refractivity contribution in [3.63, 3.8) is 0 Å². The topological polar surface area (TPSA) is 59.2 Å². The summed E-state index contributed by atoms with van der Waals surface area (Å²) in [7, 11) is 0. The lowest BCUT2D eigenvalue weighted by Gasteiger charge is -2.19. The molecule has 1 aliphatic heterocycles. The fraction of sp³-hybridized carbons (Fsp3) is 0.429. The van der Waals surface area contributed by atoms with E-state index in [0.29, 0.717) is 12.1 Å². The first-order chi connectivity index (χ1) is 9.31. The minimum Gasteiger partial charge on any atom is -0.338 e. The van der Waals surface area contributed by atoms with Gasteiger partial charge in [0.2, 0.25) is 0 Å². The lowest BCUT2D eigenvalue weighted by atomic mass is 10.2. The van der Waals surface area contributed by atoms with Gasteiger partial charge >= 0.3 is 0 Å². The van der Waals surface area contributed by atoms with Gasteiger partial charge in [-0.3, -0.25) is 9.78 Å². The third-order valence-corrected chi connectivity index (χ3v) is 3.88. The Bertz CT molecular complexity index is 499. The van der Waals surface area contributed by atoms with Gasteiger partial charge in [-0.05, 0) is 18.2 Å². The lowest BCUT2D eigenvalue weighted by molar-refractivity contribution is 0.0768. The smallest absolute Gasteiger partial charge is 0.255 e. The number of carbonyl (C=O) groups is 1. The van der Waals surface area contributed by atoms with Gasteiger partial charge in [0, 0.05) is 36.8 Å². The molecule has 2 heterocycles. The normalized spacial score (nSPS) is 15.3. The molecule has 19 heavy (non-hydrogen) atoms. The number of thioether (sulfide) groups is 1. The summed E-state index contributed by atoms with van der Waals surface area (Å²) in [5.41, 5.74) is 6.68. The van der Waals surface area contributed by atoms with Gasteiger partial charge < -0.3 is 10.6 Å². The van der Waals surface area contributed by atoms with E-state index in [1.165, 1.54) is 0 Å². The van der Waals surface area contributed by atoms with Crippen LogP contribution in [-0.2, 0) is 0 Å². The Morgan fingerprint density at radius 2 is 2.32 bits per heavy atom. The van der Waals surface area contributed by atoms with Crippen LogP contribution in [0.2, 0.25) is 0 Å². The highest BCUT2D eigenvalue weighted by Gasteiger charge is 2.17. The Hall–Kier alpha value is -1.51. The summed E-state index contributed by atoms with van der Waals surface area (Å²) in [5.74, 6) is 7.85. The molecule has 1 amide bonds. The second kappa shape index (κ2) is 7.17. The van der Waals surface area contributed by atoms with E-state index < -0.39 is 0 Å². The van der Waals surface area contributed by atoms with Gasteiger partial charge in [0.15, 0.2) is 0 Å². The zero-order valence-electron chi connectivity index (χ0n) is 10.8. The van der Waals surface area contributed by atoms with Crippen molar-refractivity contribution in [1.82, 2.24) is 9.88 Å². The van der Waals surface area contributed by atoms with Crippen LogP contribution < -0.4 is 5.73 Å². The third kappa shape index (κ3) is 3.98. The van der Waals surface area contributed by atoms with Gasteiger partial charge in [0.25, 0.3) is 5.91 Å². The van der Waals surface area contributed by atoms with Crippen LogP contribution in [0.15, 0.2) is 18.5 Å². The molecule has 0 spiro atoms. The van der Waals surface area contributed by atoms with Crippen LogP contribution in [-0.4, -0.2) is 46.9 Å². The highest BCUT2D eigenvalue weighted by Crippen LogP contribution is 2.13. The Morgan fingerprint density at radius 1 is 1.42 bits per heavy atom. The molecule has 1 aliphatic rings. The van der Waals surface area contributed by atoms with Crippen LogP contribution in [0.25, 0.3) is 0 Å². The standard InChI is InChI=1S/C14H17N3OS/c15-4-1-3-12-9-13(11-16-10-12)14(18)17-5-2-7-19-8-6-17/h9-11H,2,4-8,15H2. The van der Waals surface area contributed by atoms with Crippen molar-refractivity contribution in [3.05, 3.63) is 29.6 Å². The highest BCUT2D eigenvalue weighted by atomic mass is 32.2. The fourth-order valence-electron chi connectivity index (χ4n) is 1.91. The molecule has 100 valence electrons. The number of rotatable bonds is 1. The predicted octanol–water partition coefficient (Wildman–Crippen LogP) is 0.971. The first-order valence-electron chi connectivity index (χ1n) is 6.32. The minimum atomic E-state index is 0.0476. The molecular formula is C14H17N3OS. The molecule has 0 aromatic carbocycles. The maximum atomic E-state index is 12.4. The zero-order chi connectivity index (χ0) is 13.5. The molecule has 0 saturated carbocycles. The summed E-state index contributed by atoms with van der Waals surface area (Å²) in [6.07, 6.45) is 4.31. The molecular weight excluding hydrogens is 258 g/mol. The minimum absolute atomic E-state index is 0.0476. The molecule has 2 N–H and O–H groups in total. The molecule has 0 atom stereocenters. The summed E-state index contributed by atoms with van der Waals surface area (Å²) in [4.78, 5) is 18.4. The van der Waals surface area contributed by atoms with Crippen LogP contribution in [0.3, 0.4) is 0 Å². The van der Waals surface area contributed by atoms with E-state index >= 15 is 0 Å². The average Bonchev–Trinajstić information content (AvgIpc) is 2.73. The molecule has 0 aliphatic carbocycles. The predicted molar refractivity (Wildman–Crippen MR) is 78.0 cm³/mol. The van der Waals surface area contributed by atoms with Crippen LogP contribution in [0, 0.1) is 11.8 Å². The molecule has 5 heteroatoms. The number of aromatic nitrogens is 1. The quantitative estimate of drug-likeness (QED) is 0.776. The molecule has 4 nitrogen and oxygen atoms in total. The Morgan fingerprint density at radius 3 is 3.16 bits per heavy atom. The molecule has 0 bridgehead atoms. The molecule has 1 fully saturated rings. The number of nitrogens with zero attached hydrogens (tertiary/aromatic N) is 2. The van der Waals surface area contributed by atoms with Gasteiger partial charge in [-0.2, -0.15) is 11.8 Å². The molecule has 0 unspecified atom stereocenters. The number of amides is 1. The van der Waals surface area contributed by atoms with E-state index in [1.54, 1.807) is 18.5 Å². The van der Waals surface area contributed by atoms with Crippen molar-refractivity contribution in [3.8, 4) is 11.8 Å². The maximum absolute atomic E-state index is 12.4. The third-order valence-electron chi connectivity index (χ3n) is 2.83. The molecule has 0 radical (unpaired) electrons. The molecule has 1 aromatic rings. The Labute approximate surface area is 117 Å². The van der Waals surface area contributed by atoms with Crippen molar-refractivity contribution in [2.75, 3.05) is 31.1 Å². The van der Waals surface area contributed by atoms with Crippen molar-refractivity contribution in [2.24, 2.45) is 5.73 Å². The summed E-state index contributed by atoms with van der Waals surface area (Å²) in [6.45, 7) is 1.94. The van der Waals surface area contributed by atoms with Crippen LogP contribution >= 0.6 is 11.8 Å². The van der Waals surface area contributed by atoms with Gasteiger partial charge in [0.1, 0.15) is 0 Å². The highest BCUT2D eigenvalue weighted by molar-refractivity contribution is 7.99. The number of pyridine rings is 1. The number of carbonyl (C=O) groups excluding carboxylic acids is 1. The fourth-order valence-corrected chi connectivity index (χ4v) is 2.80. The van der Waals surface area contributed by atoms with E-state index in [2.05, 4.69) is 16.8 Å². The summed E-state index contributed by atoms with van der Waals surface area (Å²) in [5, 5.41) is 0. The number of hydrogen-bond acceptors (Lipinski definition) is 4. The summed E-state index contributed by atoms with van der Waals surface area (Å²) < 4.78 is 0.